The van der Waals surface area contributed by atoms with Gasteiger partial charge in [-0.05, 0) is 87.2 Å². The van der Waals surface area contributed by atoms with Gasteiger partial charge in [0.05, 0.1) is 17.8 Å². The summed E-state index contributed by atoms with van der Waals surface area (Å²) < 4.78 is 47.3. The van der Waals surface area contributed by atoms with Crippen LogP contribution in [-0.4, -0.2) is 54.7 Å². The Morgan fingerprint density at radius 2 is 1.85 bits per heavy atom. The molecule has 1 N–H and O–H groups in total. The second-order valence-electron chi connectivity index (χ2n) is 11.6. The van der Waals surface area contributed by atoms with Gasteiger partial charge in [-0.15, -0.1) is 0 Å². The molecule has 0 aromatic heterocycles. The third-order valence-electron chi connectivity index (χ3n) is 8.62. The lowest BCUT2D eigenvalue weighted by molar-refractivity contribution is -0.172. The van der Waals surface area contributed by atoms with Gasteiger partial charge in [0.2, 0.25) is 10.0 Å². The van der Waals surface area contributed by atoms with Crippen molar-refractivity contribution in [3.8, 4) is 5.75 Å². The van der Waals surface area contributed by atoms with Gasteiger partial charge in [0.25, 0.3) is 0 Å². The predicted molar refractivity (Wildman–Crippen MR) is 120 cm³/mol. The third-order valence-corrected chi connectivity index (χ3v) is 10.4. The largest absolute Gasteiger partial charge is 0.493 e. The van der Waals surface area contributed by atoms with Gasteiger partial charge in [-0.25, -0.2) is 17.1 Å². The third kappa shape index (κ3) is 4.02. The van der Waals surface area contributed by atoms with Crippen LogP contribution in [0, 0.1) is 23.1 Å². The van der Waals surface area contributed by atoms with Gasteiger partial charge in [-0.3, -0.25) is 4.79 Å². The minimum absolute atomic E-state index is 0.0596. The molecule has 1 heterocycles. The van der Waals surface area contributed by atoms with Crippen LogP contribution in [0.5, 0.6) is 5.75 Å². The van der Waals surface area contributed by atoms with Crippen LogP contribution >= 0.6 is 0 Å². The number of carbonyl (C=O) groups is 1. The summed E-state index contributed by atoms with van der Waals surface area (Å²) in [6, 6.07) is 2.82. The Kier molecular flexibility index (Phi) is 4.99. The molecule has 1 aromatic carbocycles. The molecule has 1 saturated heterocycles. The lowest BCUT2D eigenvalue weighted by atomic mass is 9.48. The molecular weight excluding hydrogens is 445 g/mol. The number of Topliss-reactive ketones (excluding diaryl/α,β-unsaturated/α-hetero) is 1. The number of nitrogens with zero attached hydrogens (tertiary/aromatic N) is 1. The number of hydrogen-bond donors (Lipinski definition) is 1. The first kappa shape index (κ1) is 22.0. The predicted octanol–water partition coefficient (Wildman–Crippen LogP) is 3.63. The Labute approximate surface area is 194 Å². The average Bonchev–Trinajstić information content (AvgIpc) is 3.47. The standard InChI is InChI=1S/C25H32FNO5S/c26-21-8-23(32-15-24-9-16-6-17(10-24)12-25(29,11-16)14-24)19(18-2-3-18)7-20(21)22(28)13-33(30,31)27-4-1-5-27/h7-8,16-18,29H,1-6,9-15H2. The molecule has 180 valence electrons. The average molecular weight is 478 g/mol. The Morgan fingerprint density at radius 1 is 1.15 bits per heavy atom. The Morgan fingerprint density at radius 3 is 2.42 bits per heavy atom. The Hall–Kier alpha value is -1.51. The van der Waals surface area contributed by atoms with Crippen LogP contribution in [0.2, 0.25) is 0 Å². The Balaban J connectivity index is 1.22. The number of sulfonamides is 1. The van der Waals surface area contributed by atoms with E-state index in [-0.39, 0.29) is 16.9 Å². The fraction of sp³-hybridized carbons (Fsp3) is 0.720. The maximum absolute atomic E-state index is 15.0. The highest BCUT2D eigenvalue weighted by Crippen LogP contribution is 2.61. The van der Waals surface area contributed by atoms with Crippen molar-refractivity contribution < 1.29 is 27.4 Å². The first-order chi connectivity index (χ1) is 15.6. The molecule has 2 atom stereocenters. The number of rotatable bonds is 8. The van der Waals surface area contributed by atoms with E-state index < -0.39 is 33.0 Å². The molecule has 6 fully saturated rings. The van der Waals surface area contributed by atoms with E-state index >= 15 is 4.39 Å². The summed E-state index contributed by atoms with van der Waals surface area (Å²) in [7, 11) is -3.70. The van der Waals surface area contributed by atoms with Gasteiger partial charge < -0.3 is 9.84 Å². The van der Waals surface area contributed by atoms with Crippen LogP contribution in [0.15, 0.2) is 12.1 Å². The molecule has 4 bridgehead atoms. The zero-order valence-corrected chi connectivity index (χ0v) is 19.7. The maximum Gasteiger partial charge on any atom is 0.221 e. The molecule has 2 unspecified atom stereocenters. The SMILES string of the molecule is O=C(CS(=O)(=O)N1CCC1)c1cc(C2CC2)c(OCC23CC4CC(CC(O)(C4)C2)C3)cc1F. The summed E-state index contributed by atoms with van der Waals surface area (Å²) in [6.07, 6.45) is 8.54. The summed E-state index contributed by atoms with van der Waals surface area (Å²) >= 11 is 0. The summed E-state index contributed by atoms with van der Waals surface area (Å²) in [4.78, 5) is 12.7. The number of aliphatic hydroxyl groups is 1. The molecule has 33 heavy (non-hydrogen) atoms. The van der Waals surface area contributed by atoms with E-state index in [0.29, 0.717) is 37.3 Å². The van der Waals surface area contributed by atoms with Gasteiger partial charge in [-0.2, -0.15) is 0 Å². The van der Waals surface area contributed by atoms with Gasteiger partial charge >= 0.3 is 0 Å². The smallest absolute Gasteiger partial charge is 0.221 e. The number of halogens is 1. The van der Waals surface area contributed by atoms with Crippen molar-refractivity contribution in [1.29, 1.82) is 0 Å². The quantitative estimate of drug-likeness (QED) is 0.578. The van der Waals surface area contributed by atoms with Crippen molar-refractivity contribution in [3.05, 3.63) is 29.1 Å². The van der Waals surface area contributed by atoms with Gasteiger partial charge in [0.1, 0.15) is 17.3 Å². The van der Waals surface area contributed by atoms with Crippen molar-refractivity contribution in [1.82, 2.24) is 4.31 Å². The molecule has 0 spiro atoms. The highest BCUT2D eigenvalue weighted by atomic mass is 32.2. The summed E-state index contributed by atoms with van der Waals surface area (Å²) in [5.74, 6) is -0.322. The zero-order chi connectivity index (χ0) is 23.0. The van der Waals surface area contributed by atoms with E-state index in [1.165, 1.54) is 22.9 Å². The first-order valence-corrected chi connectivity index (χ1v) is 13.9. The van der Waals surface area contributed by atoms with Crippen LogP contribution in [0.25, 0.3) is 0 Å². The number of carbonyl (C=O) groups excluding carboxylic acids is 1. The van der Waals surface area contributed by atoms with Crippen molar-refractivity contribution in [2.75, 3.05) is 25.4 Å². The van der Waals surface area contributed by atoms with Crippen molar-refractivity contribution in [2.24, 2.45) is 17.3 Å². The minimum atomic E-state index is -3.70. The van der Waals surface area contributed by atoms with E-state index in [4.69, 9.17) is 4.74 Å². The number of ether oxygens (including phenoxy) is 1. The molecule has 1 aromatic rings. The van der Waals surface area contributed by atoms with Crippen molar-refractivity contribution in [3.63, 3.8) is 0 Å². The van der Waals surface area contributed by atoms with Crippen LogP contribution in [0.3, 0.4) is 0 Å². The van der Waals surface area contributed by atoms with E-state index in [1.807, 2.05) is 0 Å². The van der Waals surface area contributed by atoms with E-state index in [0.717, 1.165) is 56.9 Å². The van der Waals surface area contributed by atoms with Crippen LogP contribution in [0.4, 0.5) is 4.39 Å². The van der Waals surface area contributed by atoms with Gasteiger partial charge in [-0.1, -0.05) is 0 Å². The van der Waals surface area contributed by atoms with Gasteiger partial charge in [0.15, 0.2) is 5.78 Å². The molecule has 5 saturated carbocycles. The van der Waals surface area contributed by atoms with Gasteiger partial charge in [0, 0.05) is 24.6 Å². The maximum atomic E-state index is 15.0. The normalized spacial score (nSPS) is 35.5. The van der Waals surface area contributed by atoms with Crippen molar-refractivity contribution in [2.45, 2.75) is 69.3 Å². The van der Waals surface area contributed by atoms with E-state index in [9.17, 15) is 18.3 Å². The Bertz CT molecular complexity index is 1080. The summed E-state index contributed by atoms with van der Waals surface area (Å²) in [5, 5.41) is 11.0. The molecular formula is C25H32FNO5S. The van der Waals surface area contributed by atoms with Crippen LogP contribution < -0.4 is 4.74 Å². The number of ketones is 1. The first-order valence-electron chi connectivity index (χ1n) is 12.3. The second-order valence-corrected chi connectivity index (χ2v) is 13.5. The van der Waals surface area contributed by atoms with Crippen molar-refractivity contribution >= 4 is 15.8 Å². The second kappa shape index (κ2) is 7.49. The molecule has 7 rings (SSSR count). The summed E-state index contributed by atoms with van der Waals surface area (Å²) in [6.45, 7) is 1.31. The van der Waals surface area contributed by atoms with E-state index in [2.05, 4.69) is 0 Å². The van der Waals surface area contributed by atoms with Crippen LogP contribution in [0.1, 0.15) is 79.6 Å². The number of hydrogen-bond acceptors (Lipinski definition) is 5. The highest BCUT2D eigenvalue weighted by Gasteiger charge is 2.57. The molecule has 0 amide bonds. The molecule has 1 aliphatic heterocycles. The number of benzene rings is 1. The molecule has 0 radical (unpaired) electrons. The molecule has 5 aliphatic carbocycles. The summed E-state index contributed by atoms with van der Waals surface area (Å²) in [5.41, 5.74) is 0.0219. The topological polar surface area (TPSA) is 83.9 Å². The fourth-order valence-electron chi connectivity index (χ4n) is 7.33. The minimum Gasteiger partial charge on any atom is -0.493 e. The monoisotopic (exact) mass is 477 g/mol. The molecule has 6 aliphatic rings. The lowest BCUT2D eigenvalue weighted by Crippen LogP contribution is -2.57. The molecule has 6 nitrogen and oxygen atoms in total. The lowest BCUT2D eigenvalue weighted by Gasteiger charge is -2.60. The fourth-order valence-corrected chi connectivity index (χ4v) is 8.81. The van der Waals surface area contributed by atoms with Crippen LogP contribution in [-0.2, 0) is 10.0 Å². The zero-order valence-electron chi connectivity index (χ0n) is 18.9. The highest BCUT2D eigenvalue weighted by molar-refractivity contribution is 7.89. The molecule has 8 heteroatoms. The van der Waals surface area contributed by atoms with E-state index in [1.54, 1.807) is 0 Å².